The monoisotopic (exact) mass is 297 g/mol. The van der Waals surface area contributed by atoms with Crippen LogP contribution >= 0.6 is 0 Å². The topological polar surface area (TPSA) is 37.4 Å². The first-order chi connectivity index (χ1) is 10.8. The molecule has 2 aromatic rings. The van der Waals surface area contributed by atoms with Gasteiger partial charge >= 0.3 is 0 Å². The van der Waals surface area contributed by atoms with E-state index in [2.05, 4.69) is 39.5 Å². The summed E-state index contributed by atoms with van der Waals surface area (Å²) >= 11 is 0. The molecule has 1 saturated heterocycles. The van der Waals surface area contributed by atoms with Crippen LogP contribution in [0.4, 0.5) is 5.82 Å². The van der Waals surface area contributed by atoms with Crippen LogP contribution in [0.15, 0.2) is 48.7 Å². The molecule has 4 heteroatoms. The number of nitrogens with zero attached hydrogens (tertiary/aromatic N) is 2. The number of anilines is 1. The Morgan fingerprint density at radius 3 is 2.55 bits per heavy atom. The van der Waals surface area contributed by atoms with Crippen LogP contribution in [0, 0.1) is 0 Å². The van der Waals surface area contributed by atoms with Crippen molar-refractivity contribution in [3.63, 3.8) is 0 Å². The molecule has 0 spiro atoms. The van der Waals surface area contributed by atoms with Crippen LogP contribution in [0.25, 0.3) is 0 Å². The van der Waals surface area contributed by atoms with E-state index in [4.69, 9.17) is 4.74 Å². The van der Waals surface area contributed by atoms with Gasteiger partial charge in [-0.05, 0) is 42.7 Å². The van der Waals surface area contributed by atoms with E-state index < -0.39 is 0 Å². The van der Waals surface area contributed by atoms with Crippen LogP contribution < -0.4 is 15.0 Å². The number of methoxy groups -OCH3 is 1. The fourth-order valence-electron chi connectivity index (χ4n) is 2.86. The zero-order valence-electron chi connectivity index (χ0n) is 13.0. The maximum atomic E-state index is 5.19. The summed E-state index contributed by atoms with van der Waals surface area (Å²) in [7, 11) is 1.70. The third-order valence-electron chi connectivity index (χ3n) is 4.22. The van der Waals surface area contributed by atoms with E-state index in [0.717, 1.165) is 44.0 Å². The first kappa shape index (κ1) is 14.9. The van der Waals surface area contributed by atoms with Crippen LogP contribution in [0.1, 0.15) is 18.4 Å². The first-order valence-electron chi connectivity index (χ1n) is 7.87. The molecule has 2 heterocycles. The van der Waals surface area contributed by atoms with E-state index in [0.29, 0.717) is 6.04 Å². The van der Waals surface area contributed by atoms with Crippen molar-refractivity contribution in [3.8, 4) is 5.75 Å². The van der Waals surface area contributed by atoms with E-state index >= 15 is 0 Å². The summed E-state index contributed by atoms with van der Waals surface area (Å²) in [6, 6.07) is 15.0. The Hall–Kier alpha value is -2.07. The standard InChI is InChI=1S/C18H23N3O/c1-22-17-7-5-15(6-8-17)14-20-16-9-12-21(13-10-16)18-4-2-3-11-19-18/h2-8,11,16,20H,9-10,12-14H2,1H3. The molecule has 22 heavy (non-hydrogen) atoms. The van der Waals surface area contributed by atoms with Gasteiger partial charge in [0.1, 0.15) is 11.6 Å². The minimum atomic E-state index is 0.585. The van der Waals surface area contributed by atoms with Gasteiger partial charge in [0.2, 0.25) is 0 Å². The van der Waals surface area contributed by atoms with Crippen LogP contribution in [0.5, 0.6) is 5.75 Å². The van der Waals surface area contributed by atoms with Gasteiger partial charge in [0.15, 0.2) is 0 Å². The lowest BCUT2D eigenvalue weighted by atomic mass is 10.0. The molecule has 1 aromatic carbocycles. The Labute approximate surface area is 132 Å². The zero-order chi connectivity index (χ0) is 15.2. The van der Waals surface area contributed by atoms with Crippen molar-refractivity contribution in [3.05, 3.63) is 54.2 Å². The van der Waals surface area contributed by atoms with Crippen molar-refractivity contribution < 1.29 is 4.74 Å². The number of rotatable bonds is 5. The number of pyridine rings is 1. The molecule has 0 bridgehead atoms. The molecule has 0 saturated carbocycles. The third kappa shape index (κ3) is 3.77. The quantitative estimate of drug-likeness (QED) is 0.921. The van der Waals surface area contributed by atoms with Gasteiger partial charge in [-0.3, -0.25) is 0 Å². The SMILES string of the molecule is COc1ccc(CNC2CCN(c3ccccn3)CC2)cc1. The van der Waals surface area contributed by atoms with Crippen molar-refractivity contribution in [1.29, 1.82) is 0 Å². The molecule has 0 atom stereocenters. The second-order valence-electron chi connectivity index (χ2n) is 5.68. The van der Waals surface area contributed by atoms with Crippen molar-refractivity contribution >= 4 is 5.82 Å². The van der Waals surface area contributed by atoms with Crippen molar-refractivity contribution in [2.75, 3.05) is 25.1 Å². The van der Waals surface area contributed by atoms with E-state index in [-0.39, 0.29) is 0 Å². The fraction of sp³-hybridized carbons (Fsp3) is 0.389. The molecule has 3 rings (SSSR count). The molecule has 1 fully saturated rings. The minimum Gasteiger partial charge on any atom is -0.497 e. The molecule has 1 N–H and O–H groups in total. The second kappa shape index (κ2) is 7.27. The number of hydrogen-bond donors (Lipinski definition) is 1. The van der Waals surface area contributed by atoms with Crippen molar-refractivity contribution in [2.45, 2.75) is 25.4 Å². The van der Waals surface area contributed by atoms with E-state index in [1.807, 2.05) is 24.4 Å². The highest BCUT2D eigenvalue weighted by molar-refractivity contribution is 5.38. The molecular weight excluding hydrogens is 274 g/mol. The van der Waals surface area contributed by atoms with E-state index in [1.165, 1.54) is 5.56 Å². The molecule has 1 aliphatic rings. The Kier molecular flexibility index (Phi) is 4.91. The normalized spacial score (nSPS) is 15.8. The Balaban J connectivity index is 1.45. The number of aromatic nitrogens is 1. The number of nitrogens with one attached hydrogen (secondary N) is 1. The van der Waals surface area contributed by atoms with Gasteiger partial charge in [-0.25, -0.2) is 4.98 Å². The lowest BCUT2D eigenvalue weighted by Gasteiger charge is -2.33. The summed E-state index contributed by atoms with van der Waals surface area (Å²) in [6.07, 6.45) is 4.18. The molecule has 0 aliphatic carbocycles. The van der Waals surface area contributed by atoms with E-state index in [1.54, 1.807) is 7.11 Å². The summed E-state index contributed by atoms with van der Waals surface area (Å²) in [6.45, 7) is 3.05. The number of ether oxygens (including phenoxy) is 1. The summed E-state index contributed by atoms with van der Waals surface area (Å²) in [5, 5.41) is 3.66. The molecule has 1 aliphatic heterocycles. The van der Waals surface area contributed by atoms with Gasteiger partial charge < -0.3 is 15.0 Å². The first-order valence-corrected chi connectivity index (χ1v) is 7.87. The maximum absolute atomic E-state index is 5.19. The molecule has 116 valence electrons. The van der Waals surface area contributed by atoms with Gasteiger partial charge in [-0.1, -0.05) is 18.2 Å². The third-order valence-corrected chi connectivity index (χ3v) is 4.22. The highest BCUT2D eigenvalue weighted by Crippen LogP contribution is 2.18. The van der Waals surface area contributed by atoms with Crippen LogP contribution in [0.2, 0.25) is 0 Å². The summed E-state index contributed by atoms with van der Waals surface area (Å²) < 4.78 is 5.19. The van der Waals surface area contributed by atoms with Gasteiger partial charge in [-0.2, -0.15) is 0 Å². The van der Waals surface area contributed by atoms with Crippen molar-refractivity contribution in [1.82, 2.24) is 10.3 Å². The van der Waals surface area contributed by atoms with Crippen LogP contribution in [-0.4, -0.2) is 31.2 Å². The average Bonchev–Trinajstić information content (AvgIpc) is 2.61. The second-order valence-corrected chi connectivity index (χ2v) is 5.68. The summed E-state index contributed by atoms with van der Waals surface area (Å²) in [4.78, 5) is 6.80. The fourth-order valence-corrected chi connectivity index (χ4v) is 2.86. The lowest BCUT2D eigenvalue weighted by molar-refractivity contribution is 0.410. The average molecular weight is 297 g/mol. The molecule has 0 radical (unpaired) electrons. The Bertz CT molecular complexity index is 563. The van der Waals surface area contributed by atoms with Gasteiger partial charge in [0.05, 0.1) is 7.11 Å². The van der Waals surface area contributed by atoms with Crippen LogP contribution in [0.3, 0.4) is 0 Å². The minimum absolute atomic E-state index is 0.585. The van der Waals surface area contributed by atoms with Crippen molar-refractivity contribution in [2.24, 2.45) is 0 Å². The van der Waals surface area contributed by atoms with Crippen LogP contribution in [-0.2, 0) is 6.54 Å². The zero-order valence-corrected chi connectivity index (χ0v) is 13.0. The number of benzene rings is 1. The Morgan fingerprint density at radius 1 is 1.14 bits per heavy atom. The number of piperidine rings is 1. The molecule has 0 unspecified atom stereocenters. The van der Waals surface area contributed by atoms with Gasteiger partial charge in [0, 0.05) is 31.9 Å². The predicted octanol–water partition coefficient (Wildman–Crippen LogP) is 2.85. The van der Waals surface area contributed by atoms with Gasteiger partial charge in [-0.15, -0.1) is 0 Å². The number of hydrogen-bond acceptors (Lipinski definition) is 4. The smallest absolute Gasteiger partial charge is 0.128 e. The highest BCUT2D eigenvalue weighted by Gasteiger charge is 2.19. The highest BCUT2D eigenvalue weighted by atomic mass is 16.5. The molecular formula is C18H23N3O. The lowest BCUT2D eigenvalue weighted by Crippen LogP contribution is -2.42. The molecule has 0 amide bonds. The van der Waals surface area contributed by atoms with Gasteiger partial charge in [0.25, 0.3) is 0 Å². The maximum Gasteiger partial charge on any atom is 0.128 e. The molecule has 4 nitrogen and oxygen atoms in total. The largest absolute Gasteiger partial charge is 0.497 e. The predicted molar refractivity (Wildman–Crippen MR) is 89.3 cm³/mol. The molecule has 1 aromatic heterocycles. The summed E-state index contributed by atoms with van der Waals surface area (Å²) in [5.74, 6) is 2.00. The summed E-state index contributed by atoms with van der Waals surface area (Å²) in [5.41, 5.74) is 1.30. The Morgan fingerprint density at radius 2 is 1.91 bits per heavy atom. The van der Waals surface area contributed by atoms with E-state index in [9.17, 15) is 0 Å².